The van der Waals surface area contributed by atoms with Crippen LogP contribution in [-0.4, -0.2) is 28.0 Å². The average Bonchev–Trinajstić information content (AvgIpc) is 3.03. The molecular formula is C19H17N3OS. The number of thioether (sulfide) groups is 1. The van der Waals surface area contributed by atoms with Gasteiger partial charge in [-0.3, -0.25) is 4.79 Å². The lowest BCUT2D eigenvalue weighted by Crippen LogP contribution is -2.35. The number of para-hydroxylation sites is 2. The van der Waals surface area contributed by atoms with E-state index in [2.05, 4.69) is 11.2 Å². The molecule has 1 aliphatic rings. The van der Waals surface area contributed by atoms with Gasteiger partial charge in [-0.2, -0.15) is 5.10 Å². The average molecular weight is 335 g/mol. The molecule has 0 unspecified atom stereocenters. The van der Waals surface area contributed by atoms with Crippen LogP contribution in [0.15, 0.2) is 65.7 Å². The number of aromatic nitrogens is 2. The Labute approximate surface area is 145 Å². The third-order valence-corrected chi connectivity index (χ3v) is 5.26. The first-order valence-corrected chi connectivity index (χ1v) is 8.88. The summed E-state index contributed by atoms with van der Waals surface area (Å²) in [4.78, 5) is 16.1. The standard InChI is InChI=1S/C19H17N3OS/c1-14-16(13-20-22(14)15-7-3-2-4-8-15)19(23)21-11-12-24-18-10-6-5-9-17(18)21/h2-10,13H,11-12H2,1H3. The van der Waals surface area contributed by atoms with E-state index in [-0.39, 0.29) is 5.91 Å². The van der Waals surface area contributed by atoms with Crippen molar-refractivity contribution in [2.45, 2.75) is 11.8 Å². The van der Waals surface area contributed by atoms with Gasteiger partial charge >= 0.3 is 0 Å². The zero-order valence-electron chi connectivity index (χ0n) is 13.3. The van der Waals surface area contributed by atoms with E-state index >= 15 is 0 Å². The molecule has 0 bridgehead atoms. The van der Waals surface area contributed by atoms with E-state index in [1.807, 2.05) is 65.0 Å². The fourth-order valence-electron chi connectivity index (χ4n) is 2.97. The van der Waals surface area contributed by atoms with Crippen molar-refractivity contribution in [3.05, 3.63) is 72.1 Å². The number of carbonyl (C=O) groups excluding carboxylic acids is 1. The maximum atomic E-state index is 13.1. The van der Waals surface area contributed by atoms with Gasteiger partial charge in [-0.25, -0.2) is 4.68 Å². The normalized spacial score (nSPS) is 13.6. The Kier molecular flexibility index (Phi) is 3.86. The van der Waals surface area contributed by atoms with Crippen molar-refractivity contribution in [3.8, 4) is 5.69 Å². The second kappa shape index (κ2) is 6.17. The molecule has 4 rings (SSSR count). The van der Waals surface area contributed by atoms with Crippen LogP contribution < -0.4 is 4.90 Å². The Balaban J connectivity index is 1.71. The molecule has 0 saturated heterocycles. The Morgan fingerprint density at radius 1 is 1.08 bits per heavy atom. The zero-order chi connectivity index (χ0) is 16.5. The molecule has 1 aromatic heterocycles. The topological polar surface area (TPSA) is 38.1 Å². The van der Waals surface area contributed by atoms with Crippen LogP contribution in [0, 0.1) is 6.92 Å². The van der Waals surface area contributed by atoms with Crippen LogP contribution in [0.2, 0.25) is 0 Å². The Morgan fingerprint density at radius 3 is 2.67 bits per heavy atom. The van der Waals surface area contributed by atoms with Crippen molar-refractivity contribution in [1.82, 2.24) is 9.78 Å². The van der Waals surface area contributed by atoms with Gasteiger partial charge in [-0.05, 0) is 31.2 Å². The Bertz CT molecular complexity index is 889. The molecule has 2 aromatic carbocycles. The van der Waals surface area contributed by atoms with E-state index in [1.54, 1.807) is 18.0 Å². The number of rotatable bonds is 2. The molecule has 0 saturated carbocycles. The molecule has 4 nitrogen and oxygen atoms in total. The van der Waals surface area contributed by atoms with Crippen LogP contribution in [0.1, 0.15) is 16.1 Å². The first-order valence-electron chi connectivity index (χ1n) is 7.89. The largest absolute Gasteiger partial charge is 0.306 e. The lowest BCUT2D eigenvalue weighted by atomic mass is 10.2. The quantitative estimate of drug-likeness (QED) is 0.712. The number of carbonyl (C=O) groups is 1. The summed E-state index contributed by atoms with van der Waals surface area (Å²) in [5.41, 5.74) is 3.47. The highest BCUT2D eigenvalue weighted by Gasteiger charge is 2.26. The minimum absolute atomic E-state index is 0.0161. The zero-order valence-corrected chi connectivity index (χ0v) is 14.2. The van der Waals surface area contributed by atoms with E-state index in [4.69, 9.17) is 0 Å². The van der Waals surface area contributed by atoms with Gasteiger partial charge in [-0.1, -0.05) is 30.3 Å². The molecule has 0 aliphatic carbocycles. The predicted octanol–water partition coefficient (Wildman–Crippen LogP) is 3.93. The van der Waals surface area contributed by atoms with E-state index in [9.17, 15) is 4.79 Å². The van der Waals surface area contributed by atoms with Crippen LogP contribution >= 0.6 is 11.8 Å². The van der Waals surface area contributed by atoms with Crippen molar-refractivity contribution in [1.29, 1.82) is 0 Å². The van der Waals surface area contributed by atoms with E-state index in [1.165, 1.54) is 0 Å². The molecule has 0 spiro atoms. The van der Waals surface area contributed by atoms with Crippen LogP contribution in [0.5, 0.6) is 0 Å². The third kappa shape index (κ3) is 2.51. The molecule has 1 aliphatic heterocycles. The molecule has 120 valence electrons. The minimum atomic E-state index is 0.0161. The fraction of sp³-hybridized carbons (Fsp3) is 0.158. The molecule has 1 amide bonds. The van der Waals surface area contributed by atoms with Crippen molar-refractivity contribution in [3.63, 3.8) is 0 Å². The second-order valence-electron chi connectivity index (χ2n) is 5.66. The first kappa shape index (κ1) is 15.0. The summed E-state index contributed by atoms with van der Waals surface area (Å²) in [5, 5.41) is 4.42. The predicted molar refractivity (Wildman–Crippen MR) is 97.1 cm³/mol. The third-order valence-electron chi connectivity index (χ3n) is 4.21. The molecule has 0 fully saturated rings. The smallest absolute Gasteiger partial charge is 0.261 e. The minimum Gasteiger partial charge on any atom is -0.306 e. The lowest BCUT2D eigenvalue weighted by molar-refractivity contribution is 0.0987. The van der Waals surface area contributed by atoms with Crippen molar-refractivity contribution >= 4 is 23.4 Å². The summed E-state index contributed by atoms with van der Waals surface area (Å²) in [6.07, 6.45) is 1.68. The number of nitrogens with zero attached hydrogens (tertiary/aromatic N) is 3. The van der Waals surface area contributed by atoms with Crippen molar-refractivity contribution < 1.29 is 4.79 Å². The summed E-state index contributed by atoms with van der Waals surface area (Å²) in [7, 11) is 0. The number of benzene rings is 2. The van der Waals surface area contributed by atoms with Crippen molar-refractivity contribution in [2.75, 3.05) is 17.2 Å². The number of fused-ring (bicyclic) bond motifs is 1. The summed E-state index contributed by atoms with van der Waals surface area (Å²) in [6, 6.07) is 17.9. The van der Waals surface area contributed by atoms with Gasteiger partial charge in [0.2, 0.25) is 0 Å². The molecule has 2 heterocycles. The molecule has 24 heavy (non-hydrogen) atoms. The summed E-state index contributed by atoms with van der Waals surface area (Å²) >= 11 is 1.80. The lowest BCUT2D eigenvalue weighted by Gasteiger charge is -2.28. The summed E-state index contributed by atoms with van der Waals surface area (Å²) in [5.74, 6) is 0.927. The number of hydrogen-bond donors (Lipinski definition) is 0. The highest BCUT2D eigenvalue weighted by atomic mass is 32.2. The molecule has 0 atom stereocenters. The SMILES string of the molecule is Cc1c(C(=O)N2CCSc3ccccc32)cnn1-c1ccccc1. The van der Waals surface area contributed by atoms with E-state index < -0.39 is 0 Å². The summed E-state index contributed by atoms with van der Waals surface area (Å²) in [6.45, 7) is 2.66. The van der Waals surface area contributed by atoms with Gasteiger partial charge in [0, 0.05) is 17.2 Å². The van der Waals surface area contributed by atoms with E-state index in [0.717, 1.165) is 34.3 Å². The van der Waals surface area contributed by atoms with Gasteiger partial charge in [0.15, 0.2) is 0 Å². The van der Waals surface area contributed by atoms with Gasteiger partial charge in [-0.15, -0.1) is 11.8 Å². The Hall–Kier alpha value is -2.53. The molecule has 3 aromatic rings. The molecule has 5 heteroatoms. The van der Waals surface area contributed by atoms with Gasteiger partial charge in [0.05, 0.1) is 28.8 Å². The highest BCUT2D eigenvalue weighted by molar-refractivity contribution is 7.99. The highest BCUT2D eigenvalue weighted by Crippen LogP contribution is 2.35. The monoisotopic (exact) mass is 335 g/mol. The number of amides is 1. The van der Waals surface area contributed by atoms with Crippen LogP contribution in [0.25, 0.3) is 5.69 Å². The van der Waals surface area contributed by atoms with Crippen molar-refractivity contribution in [2.24, 2.45) is 0 Å². The first-order chi connectivity index (χ1) is 11.8. The molecular weight excluding hydrogens is 318 g/mol. The second-order valence-corrected chi connectivity index (χ2v) is 6.80. The maximum Gasteiger partial charge on any atom is 0.261 e. The Morgan fingerprint density at radius 2 is 1.83 bits per heavy atom. The van der Waals surface area contributed by atoms with Gasteiger partial charge < -0.3 is 4.90 Å². The molecule has 0 N–H and O–H groups in total. The molecule has 0 radical (unpaired) electrons. The number of hydrogen-bond acceptors (Lipinski definition) is 3. The van der Waals surface area contributed by atoms with Gasteiger partial charge in [0.1, 0.15) is 0 Å². The van der Waals surface area contributed by atoms with Gasteiger partial charge in [0.25, 0.3) is 5.91 Å². The summed E-state index contributed by atoms with van der Waals surface area (Å²) < 4.78 is 1.82. The van der Waals surface area contributed by atoms with Crippen LogP contribution in [-0.2, 0) is 0 Å². The van der Waals surface area contributed by atoms with Crippen LogP contribution in [0.3, 0.4) is 0 Å². The van der Waals surface area contributed by atoms with Crippen LogP contribution in [0.4, 0.5) is 5.69 Å². The maximum absolute atomic E-state index is 13.1. The fourth-order valence-corrected chi connectivity index (χ4v) is 3.97. The van der Waals surface area contributed by atoms with E-state index in [0.29, 0.717) is 5.56 Å². The number of anilines is 1.